The molecule has 5 heteroatoms. The Balaban J connectivity index is 2.18. The van der Waals surface area contributed by atoms with Gasteiger partial charge in [-0.2, -0.15) is 11.8 Å². The van der Waals surface area contributed by atoms with Crippen LogP contribution in [0.5, 0.6) is 0 Å². The Morgan fingerprint density at radius 2 is 2.44 bits per heavy atom. The van der Waals surface area contributed by atoms with Gasteiger partial charge in [0, 0.05) is 23.6 Å². The van der Waals surface area contributed by atoms with Crippen molar-refractivity contribution in [2.24, 2.45) is 0 Å². The van der Waals surface area contributed by atoms with Gasteiger partial charge in [-0.05, 0) is 40.2 Å². The van der Waals surface area contributed by atoms with Crippen molar-refractivity contribution in [3.63, 3.8) is 0 Å². The molecular formula is C11H12BrN3S. The summed E-state index contributed by atoms with van der Waals surface area (Å²) in [4.78, 5) is 4.62. The first-order valence-electron chi connectivity index (χ1n) is 5.26. The van der Waals surface area contributed by atoms with Crippen molar-refractivity contribution < 1.29 is 0 Å². The molecule has 0 spiro atoms. The van der Waals surface area contributed by atoms with Gasteiger partial charge in [0.2, 0.25) is 0 Å². The number of hydrogen-bond donors (Lipinski definition) is 1. The van der Waals surface area contributed by atoms with Crippen molar-refractivity contribution in [2.45, 2.75) is 12.3 Å². The van der Waals surface area contributed by atoms with Crippen molar-refractivity contribution in [1.29, 1.82) is 0 Å². The molecule has 84 valence electrons. The third kappa shape index (κ3) is 1.62. The number of halogens is 1. The number of nitrogens with zero attached hydrogens (tertiary/aromatic N) is 2. The van der Waals surface area contributed by atoms with Crippen LogP contribution in [0, 0.1) is 0 Å². The Bertz CT molecular complexity index is 531. The van der Waals surface area contributed by atoms with Gasteiger partial charge in [-0.1, -0.05) is 0 Å². The normalized spacial score (nSPS) is 20.7. The second-order valence-electron chi connectivity index (χ2n) is 4.04. The molecule has 1 fully saturated rings. The van der Waals surface area contributed by atoms with E-state index in [2.05, 4.69) is 25.3 Å². The first kappa shape index (κ1) is 10.5. The molecule has 0 bridgehead atoms. The van der Waals surface area contributed by atoms with Gasteiger partial charge in [0.25, 0.3) is 0 Å². The highest BCUT2D eigenvalue weighted by atomic mass is 79.9. The highest BCUT2D eigenvalue weighted by molar-refractivity contribution is 9.10. The van der Waals surface area contributed by atoms with Crippen molar-refractivity contribution in [3.05, 3.63) is 28.8 Å². The van der Waals surface area contributed by atoms with Crippen molar-refractivity contribution in [3.8, 4) is 0 Å². The molecule has 16 heavy (non-hydrogen) atoms. The van der Waals surface area contributed by atoms with E-state index in [1.165, 1.54) is 17.9 Å². The SMILES string of the molecule is Nc1ccn2c(C3CCSC3)nc(Br)c2c1. The summed E-state index contributed by atoms with van der Waals surface area (Å²) in [5.41, 5.74) is 7.63. The number of rotatable bonds is 1. The number of thioether (sulfide) groups is 1. The van der Waals surface area contributed by atoms with Crippen LogP contribution in [0.15, 0.2) is 22.9 Å². The fraction of sp³-hybridized carbons (Fsp3) is 0.364. The molecule has 1 unspecified atom stereocenters. The minimum absolute atomic E-state index is 0.576. The molecule has 3 nitrogen and oxygen atoms in total. The maximum absolute atomic E-state index is 5.79. The molecule has 3 rings (SSSR count). The number of aromatic nitrogens is 2. The maximum Gasteiger partial charge on any atom is 0.132 e. The lowest BCUT2D eigenvalue weighted by Gasteiger charge is -2.06. The lowest BCUT2D eigenvalue weighted by molar-refractivity contribution is 0.712. The lowest BCUT2D eigenvalue weighted by atomic mass is 10.1. The quantitative estimate of drug-likeness (QED) is 0.880. The van der Waals surface area contributed by atoms with E-state index >= 15 is 0 Å². The van der Waals surface area contributed by atoms with E-state index in [0.29, 0.717) is 5.92 Å². The molecule has 0 aromatic carbocycles. The van der Waals surface area contributed by atoms with Crippen LogP contribution in [0.3, 0.4) is 0 Å². The average Bonchev–Trinajstić information content (AvgIpc) is 2.87. The highest BCUT2D eigenvalue weighted by Crippen LogP contribution is 2.34. The average molecular weight is 298 g/mol. The Morgan fingerprint density at radius 3 is 3.19 bits per heavy atom. The van der Waals surface area contributed by atoms with Gasteiger partial charge in [-0.15, -0.1) is 0 Å². The molecule has 3 heterocycles. The molecule has 0 saturated carbocycles. The summed E-state index contributed by atoms with van der Waals surface area (Å²) in [6, 6.07) is 3.88. The van der Waals surface area contributed by atoms with Gasteiger partial charge in [0.05, 0.1) is 5.52 Å². The van der Waals surface area contributed by atoms with Crippen LogP contribution >= 0.6 is 27.7 Å². The van der Waals surface area contributed by atoms with E-state index in [-0.39, 0.29) is 0 Å². The first-order valence-corrected chi connectivity index (χ1v) is 7.21. The maximum atomic E-state index is 5.79. The molecule has 2 aromatic heterocycles. The monoisotopic (exact) mass is 297 g/mol. The van der Waals surface area contributed by atoms with Crippen LogP contribution in [-0.4, -0.2) is 20.9 Å². The van der Waals surface area contributed by atoms with Gasteiger partial charge in [0.15, 0.2) is 0 Å². The van der Waals surface area contributed by atoms with Gasteiger partial charge in [-0.25, -0.2) is 4.98 Å². The topological polar surface area (TPSA) is 43.3 Å². The zero-order chi connectivity index (χ0) is 11.1. The molecule has 1 aliphatic heterocycles. The number of anilines is 1. The zero-order valence-electron chi connectivity index (χ0n) is 8.69. The van der Waals surface area contributed by atoms with Crippen LogP contribution in [-0.2, 0) is 0 Å². The predicted octanol–water partition coefficient (Wildman–Crippen LogP) is 2.90. The van der Waals surface area contributed by atoms with E-state index in [9.17, 15) is 0 Å². The summed E-state index contributed by atoms with van der Waals surface area (Å²) in [6.07, 6.45) is 3.24. The fourth-order valence-corrected chi connectivity index (χ4v) is 3.82. The number of pyridine rings is 1. The van der Waals surface area contributed by atoms with Gasteiger partial charge in [0.1, 0.15) is 10.4 Å². The van der Waals surface area contributed by atoms with E-state index in [1.807, 2.05) is 30.1 Å². The van der Waals surface area contributed by atoms with E-state index in [0.717, 1.165) is 21.6 Å². The number of nitrogens with two attached hydrogens (primary N) is 1. The molecule has 2 aromatic rings. The Labute approximate surface area is 107 Å². The molecule has 0 aliphatic carbocycles. The molecule has 0 radical (unpaired) electrons. The minimum atomic E-state index is 0.576. The van der Waals surface area contributed by atoms with Crippen LogP contribution in [0.1, 0.15) is 18.2 Å². The first-order chi connectivity index (χ1) is 7.75. The van der Waals surface area contributed by atoms with Crippen LogP contribution < -0.4 is 5.73 Å². The van der Waals surface area contributed by atoms with E-state index in [4.69, 9.17) is 5.73 Å². The van der Waals surface area contributed by atoms with E-state index < -0.39 is 0 Å². The smallest absolute Gasteiger partial charge is 0.132 e. The summed E-state index contributed by atoms with van der Waals surface area (Å²) < 4.78 is 3.04. The Kier molecular flexibility index (Phi) is 2.59. The fourth-order valence-electron chi connectivity index (χ4n) is 2.11. The predicted molar refractivity (Wildman–Crippen MR) is 72.0 cm³/mol. The molecule has 1 saturated heterocycles. The molecule has 1 aliphatic rings. The summed E-state index contributed by atoms with van der Waals surface area (Å²) in [5.74, 6) is 4.15. The molecule has 2 N–H and O–H groups in total. The largest absolute Gasteiger partial charge is 0.399 e. The van der Waals surface area contributed by atoms with Gasteiger partial charge >= 0.3 is 0 Å². The summed E-state index contributed by atoms with van der Waals surface area (Å²) in [5, 5.41) is 0. The summed E-state index contributed by atoms with van der Waals surface area (Å²) in [7, 11) is 0. The molecule has 0 amide bonds. The van der Waals surface area contributed by atoms with Crippen LogP contribution in [0.2, 0.25) is 0 Å². The molecular weight excluding hydrogens is 286 g/mol. The number of fused-ring (bicyclic) bond motifs is 1. The Hall–Kier alpha value is -0.680. The third-order valence-corrected chi connectivity index (χ3v) is 4.69. The van der Waals surface area contributed by atoms with Crippen molar-refractivity contribution in [1.82, 2.24) is 9.38 Å². The highest BCUT2D eigenvalue weighted by Gasteiger charge is 2.23. The Morgan fingerprint density at radius 1 is 1.56 bits per heavy atom. The second kappa shape index (κ2) is 3.96. The summed E-state index contributed by atoms with van der Waals surface area (Å²) >= 11 is 5.51. The van der Waals surface area contributed by atoms with Crippen LogP contribution in [0.4, 0.5) is 5.69 Å². The number of imidazole rings is 1. The summed E-state index contributed by atoms with van der Waals surface area (Å²) in [6.45, 7) is 0. The van der Waals surface area contributed by atoms with Crippen molar-refractivity contribution >= 4 is 38.9 Å². The third-order valence-electron chi connectivity index (χ3n) is 2.94. The van der Waals surface area contributed by atoms with Gasteiger partial charge < -0.3 is 10.1 Å². The standard InChI is InChI=1S/C11H12BrN3S/c12-10-9-5-8(13)1-3-15(9)11(14-10)7-2-4-16-6-7/h1,3,5,7H,2,4,6,13H2. The number of nitrogen functional groups attached to an aromatic ring is 1. The lowest BCUT2D eigenvalue weighted by Crippen LogP contribution is -2.03. The van der Waals surface area contributed by atoms with Crippen LogP contribution in [0.25, 0.3) is 5.52 Å². The second-order valence-corrected chi connectivity index (χ2v) is 5.94. The van der Waals surface area contributed by atoms with Crippen molar-refractivity contribution in [2.75, 3.05) is 17.2 Å². The zero-order valence-corrected chi connectivity index (χ0v) is 11.1. The number of hydrogen-bond acceptors (Lipinski definition) is 3. The van der Waals surface area contributed by atoms with E-state index in [1.54, 1.807) is 0 Å². The molecule has 1 atom stereocenters. The minimum Gasteiger partial charge on any atom is -0.399 e. The van der Waals surface area contributed by atoms with Gasteiger partial charge in [-0.3, -0.25) is 0 Å².